The third-order valence-electron chi connectivity index (χ3n) is 3.82. The van der Waals surface area contributed by atoms with Gasteiger partial charge in [-0.15, -0.1) is 0 Å². The Morgan fingerprint density at radius 2 is 1.64 bits per heavy atom. The van der Waals surface area contributed by atoms with Crippen LogP contribution in [0.3, 0.4) is 0 Å². The summed E-state index contributed by atoms with van der Waals surface area (Å²) in [6, 6.07) is 14.8. The van der Waals surface area contributed by atoms with Gasteiger partial charge >= 0.3 is 0 Å². The van der Waals surface area contributed by atoms with Crippen molar-refractivity contribution in [3.05, 3.63) is 77.6 Å². The lowest BCUT2D eigenvalue weighted by atomic mass is 10.1. The van der Waals surface area contributed by atoms with E-state index in [1.165, 1.54) is 36.7 Å². The zero-order valence-corrected chi connectivity index (χ0v) is 16.2. The van der Waals surface area contributed by atoms with Gasteiger partial charge < -0.3 is 5.32 Å². The van der Waals surface area contributed by atoms with Gasteiger partial charge in [0, 0.05) is 29.5 Å². The number of carbonyl (C=O) groups excluding carboxylic acids is 1. The second-order valence-corrected chi connectivity index (χ2v) is 7.93. The summed E-state index contributed by atoms with van der Waals surface area (Å²) < 4.78 is 27.0. The minimum absolute atomic E-state index is 0.0144. The summed E-state index contributed by atoms with van der Waals surface area (Å²) in [5, 5.41) is 3.36. The zero-order chi connectivity index (χ0) is 20.0. The highest BCUT2D eigenvalue weighted by Gasteiger charge is 2.15. The first-order chi connectivity index (χ1) is 13.4. The number of hydrogen-bond acceptors (Lipinski definition) is 5. The maximum absolute atomic E-state index is 12.3. The Balaban J connectivity index is 1.59. The van der Waals surface area contributed by atoms with Crippen molar-refractivity contribution in [1.29, 1.82) is 0 Å². The molecule has 0 spiro atoms. The Morgan fingerprint density at radius 3 is 2.32 bits per heavy atom. The largest absolute Gasteiger partial charge is 0.326 e. The van der Waals surface area contributed by atoms with E-state index >= 15 is 0 Å². The summed E-state index contributed by atoms with van der Waals surface area (Å²) in [6.07, 6.45) is 3.65. The van der Waals surface area contributed by atoms with Gasteiger partial charge in [-0.2, -0.15) is 0 Å². The van der Waals surface area contributed by atoms with Crippen LogP contribution in [0.4, 0.5) is 11.6 Å². The second-order valence-electron chi connectivity index (χ2n) is 5.84. The van der Waals surface area contributed by atoms with Gasteiger partial charge in [-0.3, -0.25) is 4.79 Å². The lowest BCUT2D eigenvalue weighted by Crippen LogP contribution is -2.15. The maximum atomic E-state index is 12.3. The fourth-order valence-corrected chi connectivity index (χ4v) is 3.61. The monoisotopic (exact) mass is 416 g/mol. The number of anilines is 2. The van der Waals surface area contributed by atoms with Crippen molar-refractivity contribution in [1.82, 2.24) is 9.97 Å². The van der Waals surface area contributed by atoms with Crippen molar-refractivity contribution >= 4 is 39.2 Å². The molecule has 28 heavy (non-hydrogen) atoms. The van der Waals surface area contributed by atoms with Crippen LogP contribution >= 0.6 is 11.6 Å². The van der Waals surface area contributed by atoms with Crippen LogP contribution in [0.5, 0.6) is 0 Å². The topological polar surface area (TPSA) is 101 Å². The number of rotatable bonds is 7. The number of hydrogen-bond donors (Lipinski definition) is 2. The number of carbonyl (C=O) groups is 1. The number of aromatic nitrogens is 2. The average molecular weight is 417 g/mol. The summed E-state index contributed by atoms with van der Waals surface area (Å²) in [5.41, 5.74) is 1.40. The van der Waals surface area contributed by atoms with Crippen molar-refractivity contribution in [2.75, 3.05) is 10.0 Å². The van der Waals surface area contributed by atoms with Crippen LogP contribution in [0.2, 0.25) is 5.02 Å². The number of benzene rings is 2. The first kappa shape index (κ1) is 19.8. The molecule has 1 heterocycles. The van der Waals surface area contributed by atoms with E-state index in [1.54, 1.807) is 12.1 Å². The molecule has 0 aliphatic carbocycles. The molecule has 0 radical (unpaired) electrons. The molecule has 9 heteroatoms. The molecule has 0 unspecified atom stereocenters. The van der Waals surface area contributed by atoms with Gasteiger partial charge in [0.2, 0.25) is 11.9 Å². The van der Waals surface area contributed by atoms with Gasteiger partial charge in [0.1, 0.15) is 0 Å². The van der Waals surface area contributed by atoms with Crippen molar-refractivity contribution < 1.29 is 13.2 Å². The maximum Gasteiger partial charge on any atom is 0.264 e. The molecule has 0 bridgehead atoms. The van der Waals surface area contributed by atoms with E-state index in [0.717, 1.165) is 5.56 Å². The summed E-state index contributed by atoms with van der Waals surface area (Å²) in [4.78, 5) is 19.8. The van der Waals surface area contributed by atoms with E-state index in [2.05, 4.69) is 20.0 Å². The number of sulfonamides is 1. The smallest absolute Gasteiger partial charge is 0.264 e. The highest BCUT2D eigenvalue weighted by molar-refractivity contribution is 7.92. The number of nitrogens with zero attached hydrogens (tertiary/aromatic N) is 2. The lowest BCUT2D eigenvalue weighted by Gasteiger charge is -2.09. The molecule has 3 rings (SSSR count). The Hall–Kier alpha value is -2.97. The van der Waals surface area contributed by atoms with Crippen LogP contribution in [0.1, 0.15) is 12.0 Å². The minimum Gasteiger partial charge on any atom is -0.326 e. The molecule has 2 N–H and O–H groups in total. The molecule has 2 aromatic carbocycles. The van der Waals surface area contributed by atoms with Gasteiger partial charge in [0.05, 0.1) is 4.90 Å². The molecule has 1 amide bonds. The van der Waals surface area contributed by atoms with E-state index in [1.807, 2.05) is 18.2 Å². The van der Waals surface area contributed by atoms with E-state index in [4.69, 9.17) is 11.6 Å². The number of amides is 1. The van der Waals surface area contributed by atoms with Crippen LogP contribution in [0.15, 0.2) is 71.9 Å². The molecule has 0 atom stereocenters. The number of nitrogens with one attached hydrogen (secondary N) is 2. The van der Waals surface area contributed by atoms with Gasteiger partial charge in [0.25, 0.3) is 10.0 Å². The average Bonchev–Trinajstić information content (AvgIpc) is 2.68. The predicted molar refractivity (Wildman–Crippen MR) is 108 cm³/mol. The van der Waals surface area contributed by atoms with Crippen LogP contribution in [0.25, 0.3) is 0 Å². The highest BCUT2D eigenvalue weighted by atomic mass is 35.5. The first-order valence-corrected chi connectivity index (χ1v) is 10.2. The molecule has 7 nitrogen and oxygen atoms in total. The Morgan fingerprint density at radius 1 is 0.964 bits per heavy atom. The third kappa shape index (κ3) is 5.28. The van der Waals surface area contributed by atoms with E-state index in [9.17, 15) is 13.2 Å². The van der Waals surface area contributed by atoms with Crippen molar-refractivity contribution in [2.24, 2.45) is 0 Å². The Labute approximate surface area is 167 Å². The molecular formula is C19H17ClN4O3S. The quantitative estimate of drug-likeness (QED) is 0.613. The lowest BCUT2D eigenvalue weighted by molar-refractivity contribution is -0.116. The van der Waals surface area contributed by atoms with E-state index in [-0.39, 0.29) is 23.2 Å². The zero-order valence-electron chi connectivity index (χ0n) is 14.7. The second kappa shape index (κ2) is 8.81. The van der Waals surface area contributed by atoms with Gasteiger partial charge in [0.15, 0.2) is 0 Å². The molecule has 3 aromatic rings. The molecule has 0 aliphatic rings. The Kier molecular flexibility index (Phi) is 6.23. The van der Waals surface area contributed by atoms with Gasteiger partial charge in [-0.1, -0.05) is 29.8 Å². The predicted octanol–water partition coefficient (Wildman–Crippen LogP) is 3.50. The van der Waals surface area contributed by atoms with Crippen LogP contribution in [-0.4, -0.2) is 24.3 Å². The SMILES string of the molecule is O=C(CCc1ccccc1Cl)Nc1ccc(S(=O)(=O)Nc2ncccn2)cc1. The van der Waals surface area contributed by atoms with Crippen LogP contribution < -0.4 is 10.0 Å². The third-order valence-corrected chi connectivity index (χ3v) is 5.53. The number of aryl methyl sites for hydroxylation is 1. The van der Waals surface area contributed by atoms with E-state index < -0.39 is 10.0 Å². The summed E-state index contributed by atoms with van der Waals surface area (Å²) in [5.74, 6) is -0.203. The van der Waals surface area contributed by atoms with Gasteiger partial charge in [-0.25, -0.2) is 23.1 Å². The van der Waals surface area contributed by atoms with Gasteiger partial charge in [-0.05, 0) is 48.4 Å². The molecule has 1 aromatic heterocycles. The normalized spacial score (nSPS) is 11.0. The van der Waals surface area contributed by atoms with Crippen molar-refractivity contribution in [3.8, 4) is 0 Å². The standard InChI is InChI=1S/C19H17ClN4O3S/c20-17-5-2-1-4-14(17)6-11-18(25)23-15-7-9-16(10-8-15)28(26,27)24-19-21-12-3-13-22-19/h1-5,7-10,12-13H,6,11H2,(H,23,25)(H,21,22,24). The first-order valence-electron chi connectivity index (χ1n) is 8.37. The fraction of sp³-hybridized carbons (Fsp3) is 0.105. The summed E-state index contributed by atoms with van der Waals surface area (Å²) in [7, 11) is -3.81. The highest BCUT2D eigenvalue weighted by Crippen LogP contribution is 2.18. The van der Waals surface area contributed by atoms with Crippen molar-refractivity contribution in [2.45, 2.75) is 17.7 Å². The summed E-state index contributed by atoms with van der Waals surface area (Å²) >= 11 is 6.08. The molecule has 0 saturated carbocycles. The van der Waals surface area contributed by atoms with Crippen molar-refractivity contribution in [3.63, 3.8) is 0 Å². The molecule has 0 aliphatic heterocycles. The minimum atomic E-state index is -3.81. The fourth-order valence-electron chi connectivity index (χ4n) is 2.42. The van der Waals surface area contributed by atoms with Crippen LogP contribution in [-0.2, 0) is 21.2 Å². The van der Waals surface area contributed by atoms with Crippen LogP contribution in [0, 0.1) is 0 Å². The molecule has 144 valence electrons. The van der Waals surface area contributed by atoms with E-state index in [0.29, 0.717) is 17.1 Å². The Bertz CT molecular complexity index is 1060. The summed E-state index contributed by atoms with van der Waals surface area (Å²) in [6.45, 7) is 0. The molecule has 0 saturated heterocycles. The molecular weight excluding hydrogens is 400 g/mol. The molecule has 0 fully saturated rings. The number of halogens is 1.